The van der Waals surface area contributed by atoms with Crippen LogP contribution in [0.25, 0.3) is 0 Å². The molecule has 0 bridgehead atoms. The SMILES string of the molecule is CCC(C)C(NC(=O)Nc1ccccc1)C(=O)N1CCN(C(=O)Nc2ccccc2)C(C)C1. The lowest BCUT2D eigenvalue weighted by atomic mass is 9.97. The summed E-state index contributed by atoms with van der Waals surface area (Å²) in [4.78, 5) is 42.1. The molecule has 2 aromatic carbocycles. The summed E-state index contributed by atoms with van der Waals surface area (Å²) in [5, 5.41) is 8.55. The van der Waals surface area contributed by atoms with Gasteiger partial charge >= 0.3 is 12.1 Å². The molecule has 33 heavy (non-hydrogen) atoms. The van der Waals surface area contributed by atoms with Gasteiger partial charge in [-0.25, -0.2) is 9.59 Å². The Labute approximate surface area is 195 Å². The first-order valence-corrected chi connectivity index (χ1v) is 11.4. The second-order valence-electron chi connectivity index (χ2n) is 8.45. The molecule has 3 unspecified atom stereocenters. The van der Waals surface area contributed by atoms with Crippen molar-refractivity contribution in [2.45, 2.75) is 39.3 Å². The number of nitrogens with zero attached hydrogens (tertiary/aromatic N) is 2. The van der Waals surface area contributed by atoms with Crippen LogP contribution in [0.1, 0.15) is 27.2 Å². The number of hydrogen-bond donors (Lipinski definition) is 3. The quantitative estimate of drug-likeness (QED) is 0.620. The van der Waals surface area contributed by atoms with Crippen LogP contribution in [0.15, 0.2) is 60.7 Å². The monoisotopic (exact) mass is 451 g/mol. The highest BCUT2D eigenvalue weighted by Crippen LogP contribution is 2.17. The van der Waals surface area contributed by atoms with Crippen LogP contribution in [0.4, 0.5) is 21.0 Å². The van der Waals surface area contributed by atoms with Gasteiger partial charge in [0.15, 0.2) is 0 Å². The second kappa shape index (κ2) is 11.4. The van der Waals surface area contributed by atoms with Crippen molar-refractivity contribution in [2.24, 2.45) is 5.92 Å². The fraction of sp³-hybridized carbons (Fsp3) is 0.400. The van der Waals surface area contributed by atoms with Crippen LogP contribution in [0.2, 0.25) is 0 Å². The summed E-state index contributed by atoms with van der Waals surface area (Å²) in [6.07, 6.45) is 0.747. The van der Waals surface area contributed by atoms with Gasteiger partial charge in [0.2, 0.25) is 5.91 Å². The minimum Gasteiger partial charge on any atom is -0.337 e. The molecule has 0 saturated carbocycles. The molecule has 1 heterocycles. The summed E-state index contributed by atoms with van der Waals surface area (Å²) in [5.41, 5.74) is 1.40. The Kier molecular flexibility index (Phi) is 8.29. The molecule has 1 aliphatic rings. The fourth-order valence-electron chi connectivity index (χ4n) is 3.89. The molecule has 0 spiro atoms. The van der Waals surface area contributed by atoms with E-state index in [2.05, 4.69) is 16.0 Å². The fourth-order valence-corrected chi connectivity index (χ4v) is 3.89. The number of piperazine rings is 1. The van der Waals surface area contributed by atoms with Gasteiger partial charge in [0, 0.05) is 37.1 Å². The summed E-state index contributed by atoms with van der Waals surface area (Å²) in [6, 6.07) is 17.0. The van der Waals surface area contributed by atoms with Crippen molar-refractivity contribution in [1.29, 1.82) is 0 Å². The zero-order chi connectivity index (χ0) is 23.8. The highest BCUT2D eigenvalue weighted by atomic mass is 16.2. The summed E-state index contributed by atoms with van der Waals surface area (Å²) in [6.45, 7) is 7.14. The number of carbonyl (C=O) groups excluding carboxylic acids is 3. The van der Waals surface area contributed by atoms with Gasteiger partial charge in [-0.2, -0.15) is 0 Å². The predicted octanol–water partition coefficient (Wildman–Crippen LogP) is 3.99. The molecule has 1 fully saturated rings. The number of hydrogen-bond acceptors (Lipinski definition) is 3. The van der Waals surface area contributed by atoms with Crippen LogP contribution in [0.5, 0.6) is 0 Å². The maximum atomic E-state index is 13.4. The molecule has 2 aromatic rings. The van der Waals surface area contributed by atoms with Crippen LogP contribution in [-0.4, -0.2) is 59.5 Å². The van der Waals surface area contributed by atoms with E-state index in [0.29, 0.717) is 25.3 Å². The third kappa shape index (κ3) is 6.47. The van der Waals surface area contributed by atoms with E-state index in [0.717, 1.165) is 12.1 Å². The number of amides is 5. The van der Waals surface area contributed by atoms with Gasteiger partial charge in [-0.05, 0) is 37.1 Å². The summed E-state index contributed by atoms with van der Waals surface area (Å²) in [5.74, 6) is -0.156. The molecule has 8 heteroatoms. The topological polar surface area (TPSA) is 93.8 Å². The molecule has 3 rings (SSSR count). The molecule has 0 aromatic heterocycles. The Bertz CT molecular complexity index is 938. The number of rotatable bonds is 6. The van der Waals surface area contributed by atoms with Crippen LogP contribution in [0, 0.1) is 5.92 Å². The van der Waals surface area contributed by atoms with Crippen LogP contribution < -0.4 is 16.0 Å². The molecular weight excluding hydrogens is 418 g/mol. The molecular formula is C25H33N5O3. The van der Waals surface area contributed by atoms with E-state index in [4.69, 9.17) is 0 Å². The molecule has 3 N–H and O–H groups in total. The van der Waals surface area contributed by atoms with Crippen LogP contribution in [0.3, 0.4) is 0 Å². The molecule has 1 aliphatic heterocycles. The van der Waals surface area contributed by atoms with Gasteiger partial charge in [0.05, 0.1) is 0 Å². The number of nitrogens with one attached hydrogen (secondary N) is 3. The standard InChI is InChI=1S/C25H33N5O3/c1-4-18(2)22(28-24(32)26-20-11-7-5-8-12-20)23(31)29-15-16-30(19(3)17-29)25(33)27-21-13-9-6-10-14-21/h5-14,18-19,22H,4,15-17H2,1-3H3,(H,27,33)(H2,26,28,32). The van der Waals surface area contributed by atoms with Crippen molar-refractivity contribution >= 4 is 29.3 Å². The number of anilines is 2. The number of urea groups is 2. The summed E-state index contributed by atoms with van der Waals surface area (Å²) >= 11 is 0. The average Bonchev–Trinajstić information content (AvgIpc) is 2.82. The minimum absolute atomic E-state index is 0.0336. The maximum Gasteiger partial charge on any atom is 0.322 e. The van der Waals surface area contributed by atoms with E-state index in [1.807, 2.05) is 69.3 Å². The normalized spacial score (nSPS) is 17.6. The van der Waals surface area contributed by atoms with Crippen LogP contribution >= 0.6 is 0 Å². The molecule has 1 saturated heterocycles. The van der Waals surface area contributed by atoms with Crippen molar-refractivity contribution in [1.82, 2.24) is 15.1 Å². The third-order valence-electron chi connectivity index (χ3n) is 6.02. The minimum atomic E-state index is -0.643. The van der Waals surface area contributed by atoms with Gasteiger partial charge in [0.25, 0.3) is 0 Å². The molecule has 176 valence electrons. The second-order valence-corrected chi connectivity index (χ2v) is 8.45. The van der Waals surface area contributed by atoms with Crippen LogP contribution in [-0.2, 0) is 4.79 Å². The summed E-state index contributed by atoms with van der Waals surface area (Å²) in [7, 11) is 0. The Morgan fingerprint density at radius 3 is 2.06 bits per heavy atom. The molecule has 0 radical (unpaired) electrons. The zero-order valence-corrected chi connectivity index (χ0v) is 19.5. The van der Waals surface area contributed by atoms with Crippen molar-refractivity contribution in [3.63, 3.8) is 0 Å². The van der Waals surface area contributed by atoms with Gasteiger partial charge in [0.1, 0.15) is 6.04 Å². The van der Waals surface area contributed by atoms with Gasteiger partial charge in [-0.3, -0.25) is 4.79 Å². The number of benzene rings is 2. The maximum absolute atomic E-state index is 13.4. The Morgan fingerprint density at radius 2 is 1.52 bits per heavy atom. The average molecular weight is 452 g/mol. The van der Waals surface area contributed by atoms with Gasteiger partial charge in [-0.1, -0.05) is 56.7 Å². The van der Waals surface area contributed by atoms with E-state index in [9.17, 15) is 14.4 Å². The van der Waals surface area contributed by atoms with E-state index in [1.54, 1.807) is 21.9 Å². The third-order valence-corrected chi connectivity index (χ3v) is 6.02. The number of para-hydroxylation sites is 2. The van der Waals surface area contributed by atoms with Gasteiger partial charge in [-0.15, -0.1) is 0 Å². The lowest BCUT2D eigenvalue weighted by molar-refractivity contribution is -0.136. The Hall–Kier alpha value is -3.55. The smallest absolute Gasteiger partial charge is 0.322 e. The van der Waals surface area contributed by atoms with Crippen molar-refractivity contribution < 1.29 is 14.4 Å². The van der Waals surface area contributed by atoms with Crippen molar-refractivity contribution in [2.75, 3.05) is 30.3 Å². The van der Waals surface area contributed by atoms with Gasteiger partial charge < -0.3 is 25.8 Å². The molecule has 0 aliphatic carbocycles. The number of carbonyl (C=O) groups is 3. The molecule has 5 amide bonds. The predicted molar refractivity (Wildman–Crippen MR) is 130 cm³/mol. The van der Waals surface area contributed by atoms with Crippen molar-refractivity contribution in [3.8, 4) is 0 Å². The van der Waals surface area contributed by atoms with E-state index in [1.165, 1.54) is 0 Å². The zero-order valence-electron chi connectivity index (χ0n) is 19.5. The largest absolute Gasteiger partial charge is 0.337 e. The Balaban J connectivity index is 1.60. The Morgan fingerprint density at radius 1 is 0.939 bits per heavy atom. The van der Waals surface area contributed by atoms with Crippen molar-refractivity contribution in [3.05, 3.63) is 60.7 Å². The molecule has 8 nitrogen and oxygen atoms in total. The highest BCUT2D eigenvalue weighted by molar-refractivity contribution is 5.94. The van der Waals surface area contributed by atoms with E-state index in [-0.39, 0.29) is 23.9 Å². The first-order valence-electron chi connectivity index (χ1n) is 11.4. The lowest BCUT2D eigenvalue weighted by Gasteiger charge is -2.41. The van der Waals surface area contributed by atoms with E-state index >= 15 is 0 Å². The highest BCUT2D eigenvalue weighted by Gasteiger charge is 2.35. The first kappa shape index (κ1) is 24.1. The first-order chi connectivity index (χ1) is 15.9. The molecule has 3 atom stereocenters. The lowest BCUT2D eigenvalue weighted by Crippen LogP contribution is -2.60. The van der Waals surface area contributed by atoms with E-state index < -0.39 is 12.1 Å². The summed E-state index contributed by atoms with van der Waals surface area (Å²) < 4.78 is 0.